The van der Waals surface area contributed by atoms with Gasteiger partial charge in [-0.2, -0.15) is 0 Å². The number of anilines is 1. The van der Waals surface area contributed by atoms with Gasteiger partial charge in [-0.05, 0) is 30.2 Å². The molecule has 0 aliphatic carbocycles. The summed E-state index contributed by atoms with van der Waals surface area (Å²) in [6.45, 7) is 4.05. The Morgan fingerprint density at radius 1 is 1.17 bits per heavy atom. The van der Waals surface area contributed by atoms with Crippen LogP contribution in [0.5, 0.6) is 0 Å². The number of rotatable bonds is 7. The summed E-state index contributed by atoms with van der Waals surface area (Å²) in [6, 6.07) is 15.5. The molecule has 0 fully saturated rings. The van der Waals surface area contributed by atoms with Crippen molar-refractivity contribution in [2.45, 2.75) is 13.5 Å². The second kappa shape index (κ2) is 10.3. The fourth-order valence-electron chi connectivity index (χ4n) is 2.37. The summed E-state index contributed by atoms with van der Waals surface area (Å²) >= 11 is 6.08. The van der Waals surface area contributed by atoms with Crippen molar-refractivity contribution >= 4 is 35.6 Å². The number of nitrogens with one attached hydrogen (secondary N) is 1. The predicted octanol–water partition coefficient (Wildman–Crippen LogP) is 3.47. The highest BCUT2D eigenvalue weighted by molar-refractivity contribution is 6.31. The number of amides is 1. The largest absolute Gasteiger partial charge is 0.329 e. The highest BCUT2D eigenvalue weighted by Crippen LogP contribution is 2.22. The Labute approximate surface area is 154 Å². The van der Waals surface area contributed by atoms with Crippen molar-refractivity contribution < 1.29 is 4.79 Å². The van der Waals surface area contributed by atoms with Crippen molar-refractivity contribution in [2.75, 3.05) is 25.0 Å². The number of carbonyl (C=O) groups is 1. The van der Waals surface area contributed by atoms with E-state index >= 15 is 0 Å². The van der Waals surface area contributed by atoms with Crippen LogP contribution in [-0.2, 0) is 11.3 Å². The summed E-state index contributed by atoms with van der Waals surface area (Å²) in [5.41, 5.74) is 8.44. The summed E-state index contributed by atoms with van der Waals surface area (Å²) in [4.78, 5) is 14.3. The van der Waals surface area contributed by atoms with Gasteiger partial charge in [-0.1, -0.05) is 48.0 Å². The van der Waals surface area contributed by atoms with Gasteiger partial charge in [0.2, 0.25) is 5.91 Å². The van der Waals surface area contributed by atoms with Gasteiger partial charge in [0.05, 0.1) is 6.54 Å². The van der Waals surface area contributed by atoms with E-state index in [2.05, 4.69) is 5.32 Å². The Kier molecular flexibility index (Phi) is 8.79. The van der Waals surface area contributed by atoms with Crippen molar-refractivity contribution in [3.8, 4) is 0 Å². The van der Waals surface area contributed by atoms with E-state index < -0.39 is 0 Å². The Hall–Kier alpha value is -1.59. The quantitative estimate of drug-likeness (QED) is 0.787. The van der Waals surface area contributed by atoms with E-state index in [0.29, 0.717) is 24.7 Å². The van der Waals surface area contributed by atoms with Crippen LogP contribution in [-0.4, -0.2) is 30.4 Å². The number of hydrogen-bond acceptors (Lipinski definition) is 3. The monoisotopic (exact) mass is 367 g/mol. The average molecular weight is 368 g/mol. The molecule has 0 atom stereocenters. The lowest BCUT2D eigenvalue weighted by Gasteiger charge is -2.21. The number of nitrogens with zero attached hydrogens (tertiary/aromatic N) is 1. The standard InChI is InChI=1S/C18H22ClN3O.ClH/c1-14-16(19)8-5-9-17(14)21-18(23)13-22(11-10-20)12-15-6-3-2-4-7-15;/h2-9H,10-13,20H2,1H3,(H,21,23);1H. The minimum atomic E-state index is -0.0697. The maximum atomic E-state index is 12.3. The third-order valence-corrected chi connectivity index (χ3v) is 4.01. The van der Waals surface area contributed by atoms with Gasteiger partial charge in [-0.3, -0.25) is 9.69 Å². The van der Waals surface area contributed by atoms with E-state index in [1.54, 1.807) is 0 Å². The molecule has 3 N–H and O–H groups in total. The second-order valence-electron chi connectivity index (χ2n) is 5.45. The van der Waals surface area contributed by atoms with Crippen LogP contribution in [0.15, 0.2) is 48.5 Å². The Morgan fingerprint density at radius 2 is 1.88 bits per heavy atom. The van der Waals surface area contributed by atoms with Crippen molar-refractivity contribution in [1.82, 2.24) is 4.90 Å². The molecule has 0 bridgehead atoms. The minimum Gasteiger partial charge on any atom is -0.329 e. The van der Waals surface area contributed by atoms with Crippen molar-refractivity contribution in [3.63, 3.8) is 0 Å². The molecule has 0 radical (unpaired) electrons. The van der Waals surface area contributed by atoms with Gasteiger partial charge in [0.1, 0.15) is 0 Å². The number of hydrogen-bond donors (Lipinski definition) is 2. The molecule has 130 valence electrons. The number of nitrogens with two attached hydrogens (primary N) is 1. The predicted molar refractivity (Wildman–Crippen MR) is 103 cm³/mol. The molecule has 0 aliphatic heterocycles. The van der Waals surface area contributed by atoms with E-state index in [1.807, 2.05) is 60.4 Å². The van der Waals surface area contributed by atoms with E-state index in [9.17, 15) is 4.79 Å². The van der Waals surface area contributed by atoms with Gasteiger partial charge in [-0.15, -0.1) is 12.4 Å². The van der Waals surface area contributed by atoms with Gasteiger partial charge < -0.3 is 11.1 Å². The van der Waals surface area contributed by atoms with Crippen molar-refractivity contribution in [2.24, 2.45) is 5.73 Å². The first kappa shape index (κ1) is 20.5. The first-order valence-corrected chi connectivity index (χ1v) is 7.99. The minimum absolute atomic E-state index is 0. The zero-order chi connectivity index (χ0) is 16.7. The lowest BCUT2D eigenvalue weighted by atomic mass is 10.2. The maximum absolute atomic E-state index is 12.3. The fourth-order valence-corrected chi connectivity index (χ4v) is 2.55. The lowest BCUT2D eigenvalue weighted by Crippen LogP contribution is -2.36. The molecule has 2 rings (SSSR count). The summed E-state index contributed by atoms with van der Waals surface area (Å²) < 4.78 is 0. The highest BCUT2D eigenvalue weighted by atomic mass is 35.5. The molecule has 0 saturated heterocycles. The smallest absolute Gasteiger partial charge is 0.238 e. The van der Waals surface area contributed by atoms with Gasteiger partial charge in [0.15, 0.2) is 0 Å². The van der Waals surface area contributed by atoms with Crippen LogP contribution in [0.4, 0.5) is 5.69 Å². The Morgan fingerprint density at radius 3 is 2.54 bits per heavy atom. The van der Waals surface area contributed by atoms with Crippen LogP contribution >= 0.6 is 24.0 Å². The molecule has 2 aromatic carbocycles. The molecular weight excluding hydrogens is 345 g/mol. The molecule has 0 aliphatic rings. The first-order chi connectivity index (χ1) is 11.1. The van der Waals surface area contributed by atoms with Gasteiger partial charge in [0.25, 0.3) is 0 Å². The zero-order valence-electron chi connectivity index (χ0n) is 13.7. The number of benzene rings is 2. The van der Waals surface area contributed by atoms with Crippen LogP contribution in [0.25, 0.3) is 0 Å². The molecule has 0 heterocycles. The SMILES string of the molecule is Cc1c(Cl)cccc1NC(=O)CN(CCN)Cc1ccccc1.Cl. The topological polar surface area (TPSA) is 58.4 Å². The molecule has 24 heavy (non-hydrogen) atoms. The zero-order valence-corrected chi connectivity index (χ0v) is 15.2. The molecule has 6 heteroatoms. The normalized spacial score (nSPS) is 10.3. The van der Waals surface area contributed by atoms with Crippen molar-refractivity contribution in [1.29, 1.82) is 0 Å². The third-order valence-electron chi connectivity index (χ3n) is 3.60. The second-order valence-corrected chi connectivity index (χ2v) is 5.85. The lowest BCUT2D eigenvalue weighted by molar-refractivity contribution is -0.117. The fraction of sp³-hybridized carbons (Fsp3) is 0.278. The Bertz CT molecular complexity index is 650. The molecule has 2 aromatic rings. The van der Waals surface area contributed by atoms with Crippen LogP contribution in [0.1, 0.15) is 11.1 Å². The van der Waals surface area contributed by atoms with Crippen LogP contribution in [0, 0.1) is 6.92 Å². The van der Waals surface area contributed by atoms with Crippen LogP contribution in [0.3, 0.4) is 0 Å². The molecule has 0 spiro atoms. The summed E-state index contributed by atoms with van der Waals surface area (Å²) in [5, 5.41) is 3.56. The number of carbonyl (C=O) groups excluding carboxylic acids is 1. The molecule has 0 unspecified atom stereocenters. The number of halogens is 2. The molecule has 0 saturated carbocycles. The third kappa shape index (κ3) is 6.13. The van der Waals surface area contributed by atoms with Crippen LogP contribution in [0.2, 0.25) is 5.02 Å². The average Bonchev–Trinajstić information content (AvgIpc) is 2.53. The molecular formula is C18H23Cl2N3O. The van der Waals surface area contributed by atoms with E-state index in [0.717, 1.165) is 16.8 Å². The summed E-state index contributed by atoms with van der Waals surface area (Å²) in [7, 11) is 0. The molecule has 1 amide bonds. The maximum Gasteiger partial charge on any atom is 0.238 e. The van der Waals surface area contributed by atoms with Gasteiger partial charge in [-0.25, -0.2) is 0 Å². The van der Waals surface area contributed by atoms with Gasteiger partial charge >= 0.3 is 0 Å². The molecule has 0 aromatic heterocycles. The van der Waals surface area contributed by atoms with Crippen molar-refractivity contribution in [3.05, 3.63) is 64.7 Å². The van der Waals surface area contributed by atoms with E-state index in [-0.39, 0.29) is 24.9 Å². The first-order valence-electron chi connectivity index (χ1n) is 7.61. The highest BCUT2D eigenvalue weighted by Gasteiger charge is 2.12. The van der Waals surface area contributed by atoms with Crippen LogP contribution < -0.4 is 11.1 Å². The Balaban J connectivity index is 0.00000288. The van der Waals surface area contributed by atoms with E-state index in [4.69, 9.17) is 17.3 Å². The van der Waals surface area contributed by atoms with Gasteiger partial charge in [0, 0.05) is 30.3 Å². The summed E-state index contributed by atoms with van der Waals surface area (Å²) in [5.74, 6) is -0.0697. The van der Waals surface area contributed by atoms with E-state index in [1.165, 1.54) is 0 Å². The molecule has 4 nitrogen and oxygen atoms in total. The summed E-state index contributed by atoms with van der Waals surface area (Å²) in [6.07, 6.45) is 0.